The fourth-order valence-corrected chi connectivity index (χ4v) is 2.36. The molecule has 0 fully saturated rings. The smallest absolute Gasteiger partial charge is 0.257 e. The predicted octanol–water partition coefficient (Wildman–Crippen LogP) is 3.93. The van der Waals surface area contributed by atoms with E-state index in [0.29, 0.717) is 17.1 Å². The maximum absolute atomic E-state index is 12.2. The van der Waals surface area contributed by atoms with Crippen LogP contribution in [-0.2, 0) is 6.54 Å². The van der Waals surface area contributed by atoms with Gasteiger partial charge in [-0.15, -0.1) is 0 Å². The van der Waals surface area contributed by atoms with Crippen LogP contribution in [0.4, 0.5) is 0 Å². The molecule has 0 saturated carbocycles. The van der Waals surface area contributed by atoms with Gasteiger partial charge in [0.25, 0.3) is 5.91 Å². The van der Waals surface area contributed by atoms with Crippen molar-refractivity contribution in [3.8, 4) is 5.75 Å². The Hall–Kier alpha value is -2.11. The lowest BCUT2D eigenvalue weighted by Gasteiger charge is -2.12. The van der Waals surface area contributed by atoms with Crippen molar-refractivity contribution in [1.29, 1.82) is 0 Å². The summed E-state index contributed by atoms with van der Waals surface area (Å²) in [5, 5.41) is 6.52. The van der Waals surface area contributed by atoms with E-state index in [-0.39, 0.29) is 17.1 Å². The van der Waals surface area contributed by atoms with E-state index in [9.17, 15) is 4.79 Å². The third-order valence-corrected chi connectivity index (χ3v) is 3.73. The van der Waals surface area contributed by atoms with E-state index in [1.807, 2.05) is 32.0 Å². The maximum Gasteiger partial charge on any atom is 0.257 e. The average Bonchev–Trinajstić information content (AvgIpc) is 2.54. The lowest BCUT2D eigenvalue weighted by atomic mass is 10.2. The third-order valence-electron chi connectivity index (χ3n) is 3.11. The fourth-order valence-electron chi connectivity index (χ4n) is 1.99. The molecule has 0 aliphatic rings. The number of amides is 1. The minimum absolute atomic E-state index is 0.0891. The van der Waals surface area contributed by atoms with Crippen LogP contribution >= 0.6 is 23.8 Å². The van der Waals surface area contributed by atoms with Gasteiger partial charge in [-0.25, -0.2) is 0 Å². The zero-order chi connectivity index (χ0) is 17.5. The van der Waals surface area contributed by atoms with Crippen molar-refractivity contribution in [3.05, 3.63) is 64.7 Å². The molecule has 0 saturated heterocycles. The molecule has 2 N–H and O–H groups in total. The summed E-state index contributed by atoms with van der Waals surface area (Å²) < 4.78 is 5.55. The molecule has 0 unspecified atom stereocenters. The average molecular weight is 363 g/mol. The van der Waals surface area contributed by atoms with Crippen molar-refractivity contribution < 1.29 is 9.53 Å². The normalized spacial score (nSPS) is 10.3. The van der Waals surface area contributed by atoms with E-state index in [1.54, 1.807) is 30.3 Å². The molecule has 24 heavy (non-hydrogen) atoms. The number of ether oxygens (including phenoxy) is 1. The number of thiocarbonyl (C=S) groups is 1. The molecule has 0 radical (unpaired) electrons. The SMILES string of the molecule is CC(C)Oc1ccc(C(=O)NC(=S)NCc2ccccc2Cl)cc1. The molecule has 1 amide bonds. The quantitative estimate of drug-likeness (QED) is 0.791. The molecule has 0 aliphatic carbocycles. The molecule has 0 spiro atoms. The zero-order valence-corrected chi connectivity index (χ0v) is 15.1. The molecule has 4 nitrogen and oxygen atoms in total. The van der Waals surface area contributed by atoms with E-state index in [1.165, 1.54) is 0 Å². The van der Waals surface area contributed by atoms with Crippen LogP contribution in [0.2, 0.25) is 5.02 Å². The number of rotatable bonds is 5. The Morgan fingerprint density at radius 1 is 1.17 bits per heavy atom. The Balaban J connectivity index is 1.87. The number of halogens is 1. The molecule has 6 heteroatoms. The summed E-state index contributed by atoms with van der Waals surface area (Å²) in [6.45, 7) is 4.34. The van der Waals surface area contributed by atoms with Crippen LogP contribution < -0.4 is 15.4 Å². The summed E-state index contributed by atoms with van der Waals surface area (Å²) in [7, 11) is 0. The molecule has 2 rings (SSSR count). The summed E-state index contributed by atoms with van der Waals surface area (Å²) >= 11 is 11.2. The monoisotopic (exact) mass is 362 g/mol. The number of carbonyl (C=O) groups excluding carboxylic acids is 1. The van der Waals surface area contributed by atoms with Crippen LogP contribution in [0.5, 0.6) is 5.75 Å². The molecule has 2 aromatic rings. The molecule has 0 aliphatic heterocycles. The van der Waals surface area contributed by atoms with E-state index in [0.717, 1.165) is 11.3 Å². The molecule has 0 aromatic heterocycles. The number of hydrogen-bond donors (Lipinski definition) is 2. The summed E-state index contributed by atoms with van der Waals surface area (Å²) in [4.78, 5) is 12.2. The second kappa shape index (κ2) is 8.66. The zero-order valence-electron chi connectivity index (χ0n) is 13.5. The van der Waals surface area contributed by atoms with Gasteiger partial charge in [0.15, 0.2) is 5.11 Å². The summed E-state index contributed by atoms with van der Waals surface area (Å²) in [5.41, 5.74) is 1.42. The van der Waals surface area contributed by atoms with E-state index >= 15 is 0 Å². The Labute approximate surface area is 152 Å². The third kappa shape index (κ3) is 5.51. The van der Waals surface area contributed by atoms with Gasteiger partial charge in [-0.2, -0.15) is 0 Å². The van der Waals surface area contributed by atoms with Crippen molar-refractivity contribution in [2.75, 3.05) is 0 Å². The number of carbonyl (C=O) groups is 1. The first-order valence-electron chi connectivity index (χ1n) is 7.55. The molecule has 0 atom stereocenters. The van der Waals surface area contributed by atoms with Crippen molar-refractivity contribution in [1.82, 2.24) is 10.6 Å². The standard InChI is InChI=1S/C18H19ClN2O2S/c1-12(2)23-15-9-7-13(8-10-15)17(22)21-18(24)20-11-14-5-3-4-6-16(14)19/h3-10,12H,11H2,1-2H3,(H2,20,21,22,24). The van der Waals surface area contributed by atoms with Gasteiger partial charge in [0.1, 0.15) is 5.75 Å². The lowest BCUT2D eigenvalue weighted by Crippen LogP contribution is -2.38. The van der Waals surface area contributed by atoms with Crippen LogP contribution in [0.3, 0.4) is 0 Å². The van der Waals surface area contributed by atoms with E-state index in [2.05, 4.69) is 10.6 Å². The van der Waals surface area contributed by atoms with E-state index < -0.39 is 0 Å². The van der Waals surface area contributed by atoms with Gasteiger partial charge in [-0.05, 0) is 62.0 Å². The highest BCUT2D eigenvalue weighted by molar-refractivity contribution is 7.80. The van der Waals surface area contributed by atoms with Crippen molar-refractivity contribution in [2.45, 2.75) is 26.5 Å². The number of hydrogen-bond acceptors (Lipinski definition) is 3. The molecule has 2 aromatic carbocycles. The van der Waals surface area contributed by atoms with Gasteiger partial charge >= 0.3 is 0 Å². The van der Waals surface area contributed by atoms with E-state index in [4.69, 9.17) is 28.6 Å². The maximum atomic E-state index is 12.2. The molecular formula is C18H19ClN2O2S. The van der Waals surface area contributed by atoms with Crippen LogP contribution in [0.15, 0.2) is 48.5 Å². The van der Waals surface area contributed by atoms with Crippen molar-refractivity contribution in [3.63, 3.8) is 0 Å². The Bertz CT molecular complexity index is 717. The van der Waals surface area contributed by atoms with Crippen LogP contribution in [-0.4, -0.2) is 17.1 Å². The molecular weight excluding hydrogens is 344 g/mol. The Morgan fingerprint density at radius 3 is 2.46 bits per heavy atom. The highest BCUT2D eigenvalue weighted by Crippen LogP contribution is 2.15. The summed E-state index contributed by atoms with van der Waals surface area (Å²) in [6.07, 6.45) is 0.0891. The minimum Gasteiger partial charge on any atom is -0.491 e. The predicted molar refractivity (Wildman–Crippen MR) is 101 cm³/mol. The first kappa shape index (κ1) is 18.2. The van der Waals surface area contributed by atoms with Gasteiger partial charge in [0, 0.05) is 17.1 Å². The lowest BCUT2D eigenvalue weighted by molar-refractivity contribution is 0.0976. The summed E-state index contributed by atoms with van der Waals surface area (Å²) in [6, 6.07) is 14.4. The number of nitrogens with one attached hydrogen (secondary N) is 2. The first-order chi connectivity index (χ1) is 11.5. The van der Waals surface area contributed by atoms with Gasteiger partial charge in [-0.3, -0.25) is 10.1 Å². The van der Waals surface area contributed by atoms with Gasteiger partial charge in [0.2, 0.25) is 0 Å². The summed E-state index contributed by atoms with van der Waals surface area (Å²) in [5.74, 6) is 0.448. The second-order valence-electron chi connectivity index (χ2n) is 5.42. The first-order valence-corrected chi connectivity index (χ1v) is 8.33. The molecule has 0 heterocycles. The van der Waals surface area contributed by atoms with Crippen molar-refractivity contribution in [2.24, 2.45) is 0 Å². The van der Waals surface area contributed by atoms with Gasteiger partial charge < -0.3 is 10.1 Å². The van der Waals surface area contributed by atoms with Gasteiger partial charge in [-0.1, -0.05) is 29.8 Å². The van der Waals surface area contributed by atoms with Gasteiger partial charge in [0.05, 0.1) is 6.10 Å². The molecule has 126 valence electrons. The van der Waals surface area contributed by atoms with Crippen LogP contribution in [0, 0.1) is 0 Å². The minimum atomic E-state index is -0.275. The van der Waals surface area contributed by atoms with Crippen LogP contribution in [0.25, 0.3) is 0 Å². The number of benzene rings is 2. The highest BCUT2D eigenvalue weighted by atomic mass is 35.5. The fraction of sp³-hybridized carbons (Fsp3) is 0.222. The largest absolute Gasteiger partial charge is 0.491 e. The second-order valence-corrected chi connectivity index (χ2v) is 6.23. The molecule has 0 bridgehead atoms. The Morgan fingerprint density at radius 2 is 1.83 bits per heavy atom. The van der Waals surface area contributed by atoms with Crippen molar-refractivity contribution >= 4 is 34.8 Å². The topological polar surface area (TPSA) is 50.4 Å². The Kier molecular flexibility index (Phi) is 6.58. The highest BCUT2D eigenvalue weighted by Gasteiger charge is 2.09. The van der Waals surface area contributed by atoms with Crippen LogP contribution in [0.1, 0.15) is 29.8 Å².